The van der Waals surface area contributed by atoms with Crippen LogP contribution in [0, 0.1) is 0 Å². The fourth-order valence-electron chi connectivity index (χ4n) is 1.06. The number of hydrogen-bond acceptors (Lipinski definition) is 4. The van der Waals surface area contributed by atoms with Crippen molar-refractivity contribution in [1.29, 1.82) is 0 Å². The molecule has 0 radical (unpaired) electrons. The van der Waals surface area contributed by atoms with Crippen LogP contribution in [0.25, 0.3) is 0 Å². The zero-order valence-corrected chi connectivity index (χ0v) is 9.44. The predicted molar refractivity (Wildman–Crippen MR) is 65.5 cm³/mol. The van der Waals surface area contributed by atoms with Gasteiger partial charge in [-0.15, -0.1) is 0 Å². The number of carbonyl (C=O) groups is 1. The van der Waals surface area contributed by atoms with E-state index >= 15 is 0 Å². The molecular weight excluding hydrogens is 244 g/mol. The van der Waals surface area contributed by atoms with E-state index in [2.05, 4.69) is 10.3 Å². The fraction of sp³-hybridized carbons (Fsp3) is 0. The van der Waals surface area contributed by atoms with Crippen LogP contribution in [-0.2, 0) is 15.1 Å². The number of nitrogens with one attached hydrogen (secondary N) is 1. The number of amides is 1. The molecule has 8 heteroatoms. The van der Waals surface area contributed by atoms with E-state index in [0.717, 1.165) is 0 Å². The number of hydrogen-bond donors (Lipinski definition) is 3. The van der Waals surface area contributed by atoms with Gasteiger partial charge in [0.25, 0.3) is 5.91 Å². The van der Waals surface area contributed by atoms with E-state index in [4.69, 9.17) is 11.5 Å². The van der Waals surface area contributed by atoms with Crippen molar-refractivity contribution in [3.05, 3.63) is 24.3 Å². The maximum atomic E-state index is 11.1. The predicted octanol–water partition coefficient (Wildman–Crippen LogP) is -0.789. The summed E-state index contributed by atoms with van der Waals surface area (Å²) in [5, 5.41) is 2.87. The summed E-state index contributed by atoms with van der Waals surface area (Å²) in [6.45, 7) is 0. The largest absolute Gasteiger partial charge is 0.370 e. The van der Waals surface area contributed by atoms with E-state index in [1.54, 1.807) is 18.2 Å². The Morgan fingerprint density at radius 1 is 1.35 bits per heavy atom. The Hall–Kier alpha value is -2.35. The van der Waals surface area contributed by atoms with Crippen molar-refractivity contribution < 1.29 is 13.2 Å². The highest BCUT2D eigenvalue weighted by Gasteiger charge is 2.00. The standard InChI is InChI=1S/C9H10N4O3S/c10-9(11)13-7-3-1-2-6(4-7)12-8(14)5-17(15)16/h1-5H,(H,12,14)(H4,10,11,13). The smallest absolute Gasteiger partial charge is 0.263 e. The van der Waals surface area contributed by atoms with Gasteiger partial charge in [0.15, 0.2) is 5.96 Å². The molecular formula is C9H10N4O3S. The molecule has 0 saturated carbocycles. The molecule has 0 heterocycles. The minimum Gasteiger partial charge on any atom is -0.370 e. The van der Waals surface area contributed by atoms with E-state index in [1.807, 2.05) is 0 Å². The van der Waals surface area contributed by atoms with Crippen molar-refractivity contribution in [2.45, 2.75) is 0 Å². The van der Waals surface area contributed by atoms with Crippen molar-refractivity contribution in [2.75, 3.05) is 5.32 Å². The molecule has 1 aromatic rings. The summed E-state index contributed by atoms with van der Waals surface area (Å²) in [4.78, 5) is 14.9. The molecule has 1 rings (SSSR count). The summed E-state index contributed by atoms with van der Waals surface area (Å²) in [6, 6.07) is 6.32. The molecule has 0 fully saturated rings. The van der Waals surface area contributed by atoms with Crippen LogP contribution in [0.5, 0.6) is 0 Å². The molecule has 1 aromatic carbocycles. The van der Waals surface area contributed by atoms with Gasteiger partial charge >= 0.3 is 0 Å². The Kier molecular flexibility index (Phi) is 4.23. The van der Waals surface area contributed by atoms with Crippen LogP contribution in [0.2, 0.25) is 0 Å². The molecule has 0 aliphatic heterocycles. The third-order valence-corrected chi connectivity index (χ3v) is 1.98. The summed E-state index contributed by atoms with van der Waals surface area (Å²) in [6.07, 6.45) is 0. The Morgan fingerprint density at radius 2 is 2.06 bits per heavy atom. The number of anilines is 1. The third-order valence-electron chi connectivity index (χ3n) is 1.58. The van der Waals surface area contributed by atoms with E-state index in [9.17, 15) is 13.2 Å². The molecule has 0 atom stereocenters. The third kappa shape index (κ3) is 4.80. The molecule has 0 aromatic heterocycles. The quantitative estimate of drug-likeness (QED) is 0.370. The number of rotatable bonds is 3. The topological polar surface area (TPSA) is 128 Å². The lowest BCUT2D eigenvalue weighted by Gasteiger charge is -2.02. The summed E-state index contributed by atoms with van der Waals surface area (Å²) in [5.74, 6) is -0.860. The Labute approximate surface area is 98.7 Å². The summed E-state index contributed by atoms with van der Waals surface area (Å²) >= 11 is 0. The number of carbonyl (C=O) groups excluding carboxylic acids is 1. The first-order valence-corrected chi connectivity index (χ1v) is 5.55. The van der Waals surface area contributed by atoms with E-state index in [-0.39, 0.29) is 5.96 Å². The van der Waals surface area contributed by atoms with E-state index in [1.165, 1.54) is 6.07 Å². The Balaban J connectivity index is 2.90. The van der Waals surface area contributed by atoms with Gasteiger partial charge < -0.3 is 16.8 Å². The first kappa shape index (κ1) is 12.7. The number of guanidine groups is 1. The van der Waals surface area contributed by atoms with Crippen LogP contribution in [-0.4, -0.2) is 25.7 Å². The second kappa shape index (κ2) is 5.66. The Bertz CT molecular complexity index is 580. The highest BCUT2D eigenvalue weighted by atomic mass is 32.2. The normalized spacial score (nSPS) is 9.18. The lowest BCUT2D eigenvalue weighted by Crippen LogP contribution is -2.21. The molecule has 1 amide bonds. The minimum absolute atomic E-state index is 0.110. The van der Waals surface area contributed by atoms with Crippen molar-refractivity contribution in [2.24, 2.45) is 16.5 Å². The van der Waals surface area contributed by atoms with Gasteiger partial charge in [-0.25, -0.2) is 4.99 Å². The minimum atomic E-state index is -2.54. The first-order chi connectivity index (χ1) is 7.97. The number of aliphatic imine (C=N–C) groups is 1. The Morgan fingerprint density at radius 3 is 2.65 bits per heavy atom. The summed E-state index contributed by atoms with van der Waals surface area (Å²) < 4.78 is 20.5. The highest BCUT2D eigenvalue weighted by Crippen LogP contribution is 2.17. The summed E-state index contributed by atoms with van der Waals surface area (Å²) in [7, 11) is -2.54. The molecule has 5 N–H and O–H groups in total. The van der Waals surface area contributed by atoms with Gasteiger partial charge in [-0.05, 0) is 18.2 Å². The van der Waals surface area contributed by atoms with Crippen LogP contribution >= 0.6 is 0 Å². The molecule has 0 unspecified atom stereocenters. The van der Waals surface area contributed by atoms with Gasteiger partial charge in [0, 0.05) is 5.69 Å². The summed E-state index contributed by atoms with van der Waals surface area (Å²) in [5.41, 5.74) is 11.2. The zero-order valence-electron chi connectivity index (χ0n) is 8.62. The lowest BCUT2D eigenvalue weighted by atomic mass is 10.3. The fourth-order valence-corrected chi connectivity index (χ4v) is 1.30. The highest BCUT2D eigenvalue weighted by molar-refractivity contribution is 7.73. The maximum Gasteiger partial charge on any atom is 0.263 e. The second-order valence-electron chi connectivity index (χ2n) is 2.95. The molecule has 0 spiro atoms. The number of nitrogens with zero attached hydrogens (tertiary/aromatic N) is 1. The molecule has 0 aliphatic carbocycles. The maximum absolute atomic E-state index is 11.1. The second-order valence-corrected chi connectivity index (χ2v) is 3.71. The van der Waals surface area contributed by atoms with Crippen molar-refractivity contribution in [3.8, 4) is 0 Å². The monoisotopic (exact) mass is 254 g/mol. The number of benzene rings is 1. The zero-order chi connectivity index (χ0) is 12.8. The van der Waals surface area contributed by atoms with Crippen molar-refractivity contribution in [1.82, 2.24) is 0 Å². The van der Waals surface area contributed by atoms with Crippen LogP contribution in [0.3, 0.4) is 0 Å². The molecule has 90 valence electrons. The van der Waals surface area contributed by atoms with Gasteiger partial charge in [-0.2, -0.15) is 8.42 Å². The number of nitrogens with two attached hydrogens (primary N) is 2. The van der Waals surface area contributed by atoms with Crippen LogP contribution in [0.15, 0.2) is 29.3 Å². The molecule has 0 aliphatic rings. The van der Waals surface area contributed by atoms with Crippen molar-refractivity contribution in [3.63, 3.8) is 0 Å². The van der Waals surface area contributed by atoms with Gasteiger partial charge in [0.1, 0.15) is 5.37 Å². The van der Waals surface area contributed by atoms with Gasteiger partial charge in [0.05, 0.1) is 5.69 Å². The van der Waals surface area contributed by atoms with Gasteiger partial charge in [0.2, 0.25) is 10.3 Å². The van der Waals surface area contributed by atoms with Crippen LogP contribution < -0.4 is 16.8 Å². The van der Waals surface area contributed by atoms with Crippen molar-refractivity contribution >= 4 is 38.9 Å². The average molecular weight is 254 g/mol. The molecule has 17 heavy (non-hydrogen) atoms. The van der Waals surface area contributed by atoms with E-state index in [0.29, 0.717) is 16.7 Å². The molecule has 0 saturated heterocycles. The lowest BCUT2D eigenvalue weighted by molar-refractivity contribution is -0.109. The van der Waals surface area contributed by atoms with Crippen LogP contribution in [0.1, 0.15) is 0 Å². The van der Waals surface area contributed by atoms with E-state index < -0.39 is 16.2 Å². The average Bonchev–Trinajstić information content (AvgIpc) is 2.14. The SMILES string of the molecule is NC(N)=Nc1cccc(NC(=O)C=S(=O)=O)c1. The first-order valence-electron chi connectivity index (χ1n) is 4.41. The van der Waals surface area contributed by atoms with Gasteiger partial charge in [-0.1, -0.05) is 6.07 Å². The van der Waals surface area contributed by atoms with Crippen LogP contribution in [0.4, 0.5) is 11.4 Å². The van der Waals surface area contributed by atoms with Gasteiger partial charge in [-0.3, -0.25) is 4.79 Å². The molecule has 7 nitrogen and oxygen atoms in total. The molecule has 0 bridgehead atoms.